The van der Waals surface area contributed by atoms with Crippen molar-refractivity contribution in [1.82, 2.24) is 19.6 Å². The first-order valence-electron chi connectivity index (χ1n) is 10.7. The number of rotatable bonds is 11. The molecule has 200 valence electrons. The number of nitrogens with two attached hydrogens (primary N) is 2. The molecule has 0 radical (unpaired) electrons. The molecule has 3 heterocycles. The Balaban J connectivity index is 1.77. The number of amides is 3. The summed E-state index contributed by atoms with van der Waals surface area (Å²) in [7, 11) is 3.63. The number of halogens is 1. The number of nitrogen functional groups attached to an aromatic ring is 1. The highest BCUT2D eigenvalue weighted by molar-refractivity contribution is 8.00. The number of nitrogens with zero attached hydrogens (tertiary/aromatic N) is 5. The van der Waals surface area contributed by atoms with Crippen LogP contribution in [0.15, 0.2) is 28.6 Å². The number of hydrogen-bond acceptors (Lipinski definition) is 11. The summed E-state index contributed by atoms with van der Waals surface area (Å²) in [5, 5.41) is 15.0. The maximum absolute atomic E-state index is 12.9. The van der Waals surface area contributed by atoms with Crippen LogP contribution in [0.4, 0.5) is 9.52 Å². The van der Waals surface area contributed by atoms with E-state index in [1.54, 1.807) is 19.1 Å². The summed E-state index contributed by atoms with van der Waals surface area (Å²) in [6.07, 6.45) is 3.33. The van der Waals surface area contributed by atoms with Gasteiger partial charge in [0.2, 0.25) is 11.5 Å². The first-order valence-corrected chi connectivity index (χ1v) is 12.6. The molecule has 0 aliphatic carbocycles. The molecule has 2 aliphatic rings. The number of carbonyl (C=O) groups is 4. The minimum Gasteiger partial charge on any atom is -0.477 e. The van der Waals surface area contributed by atoms with Crippen LogP contribution in [0, 0.1) is 0 Å². The van der Waals surface area contributed by atoms with Crippen molar-refractivity contribution in [2.45, 2.75) is 24.4 Å². The standard InChI is InChI=1S/C20H25FN8O6S2/c1-9(14(22)30)29(2,3)6-4-5-10-7-36-18-12(17(32)28(18)13(10)19(33)34)24-16(31)11(26-35-8-21)15-25-20(23)37-27-15/h4-5,9,12,18H,6-8H2,1-3H3,(H5-,22,23,24,25,27,30,31,33,34)/p+1/t9-,12+,18-/m0/s1. The SMILES string of the molecule is C[C@@H](C(N)=O)[N+](C)(C)CC=CC1=C(C(=O)O)N2C(=O)[C@@H](NC(=O)C(=NOCF)c3nsc(N)n3)[C@@H]2SC1. The molecule has 3 amide bonds. The molecular formula is C20H26FN8O6S2+. The number of alkyl halides is 1. The number of quaternary nitrogens is 1. The van der Waals surface area contributed by atoms with Crippen LogP contribution in [0.1, 0.15) is 12.7 Å². The van der Waals surface area contributed by atoms with Gasteiger partial charge in [0.15, 0.2) is 11.2 Å². The third kappa shape index (κ3) is 5.89. The van der Waals surface area contributed by atoms with Gasteiger partial charge in [0.1, 0.15) is 17.1 Å². The van der Waals surface area contributed by atoms with Crippen molar-refractivity contribution in [2.24, 2.45) is 10.9 Å². The lowest BCUT2D eigenvalue weighted by molar-refractivity contribution is -0.898. The molecule has 6 N–H and O–H groups in total. The minimum absolute atomic E-state index is 0.0348. The van der Waals surface area contributed by atoms with Gasteiger partial charge in [-0.1, -0.05) is 11.2 Å². The second kappa shape index (κ2) is 11.2. The van der Waals surface area contributed by atoms with Crippen LogP contribution < -0.4 is 16.8 Å². The molecular weight excluding hydrogens is 531 g/mol. The van der Waals surface area contributed by atoms with Gasteiger partial charge in [-0.2, -0.15) is 9.36 Å². The summed E-state index contributed by atoms with van der Waals surface area (Å²) >= 11 is 2.03. The van der Waals surface area contributed by atoms with Crippen LogP contribution >= 0.6 is 23.3 Å². The van der Waals surface area contributed by atoms with Gasteiger partial charge in [0.25, 0.3) is 24.6 Å². The second-order valence-corrected chi connectivity index (χ2v) is 10.5. The van der Waals surface area contributed by atoms with E-state index in [0.29, 0.717) is 12.1 Å². The van der Waals surface area contributed by atoms with E-state index in [4.69, 9.17) is 11.5 Å². The Bertz CT molecular complexity index is 1200. The summed E-state index contributed by atoms with van der Waals surface area (Å²) < 4.78 is 16.6. The summed E-state index contributed by atoms with van der Waals surface area (Å²) in [5.41, 5.74) is 10.6. The fourth-order valence-electron chi connectivity index (χ4n) is 3.55. The summed E-state index contributed by atoms with van der Waals surface area (Å²) in [6, 6.07) is -1.54. The number of carboxylic acids is 1. The topological polar surface area (TPSA) is 203 Å². The lowest BCUT2D eigenvalue weighted by Crippen LogP contribution is -2.71. The number of β-lactam (4-membered cyclic amide) rings is 1. The van der Waals surface area contributed by atoms with Crippen molar-refractivity contribution in [3.8, 4) is 0 Å². The van der Waals surface area contributed by atoms with E-state index in [0.717, 1.165) is 16.4 Å². The largest absolute Gasteiger partial charge is 0.477 e. The molecule has 37 heavy (non-hydrogen) atoms. The quantitative estimate of drug-likeness (QED) is 0.113. The van der Waals surface area contributed by atoms with Gasteiger partial charge in [0, 0.05) is 17.3 Å². The number of oxime groups is 1. The minimum atomic E-state index is -1.31. The monoisotopic (exact) mass is 557 g/mol. The number of primary amides is 1. The van der Waals surface area contributed by atoms with Crippen LogP contribution in [-0.2, 0) is 24.0 Å². The highest BCUT2D eigenvalue weighted by Gasteiger charge is 2.54. The molecule has 0 unspecified atom stereocenters. The number of anilines is 1. The third-order valence-corrected chi connectivity index (χ3v) is 7.76. The molecule has 1 saturated heterocycles. The smallest absolute Gasteiger partial charge is 0.352 e. The Labute approximate surface area is 218 Å². The summed E-state index contributed by atoms with van der Waals surface area (Å²) in [6.45, 7) is 0.774. The number of allylic oxidation sites excluding steroid dienone is 1. The summed E-state index contributed by atoms with van der Waals surface area (Å²) in [5.74, 6) is -3.29. The van der Waals surface area contributed by atoms with E-state index in [9.17, 15) is 28.7 Å². The zero-order valence-electron chi connectivity index (χ0n) is 20.1. The molecule has 0 bridgehead atoms. The average Bonchev–Trinajstić information content (AvgIpc) is 3.27. The molecule has 3 rings (SSSR count). The molecule has 2 aliphatic heterocycles. The van der Waals surface area contributed by atoms with Crippen molar-refractivity contribution in [3.05, 3.63) is 29.2 Å². The zero-order valence-corrected chi connectivity index (χ0v) is 21.7. The number of hydrogen-bond donors (Lipinski definition) is 4. The molecule has 17 heteroatoms. The van der Waals surface area contributed by atoms with Crippen molar-refractivity contribution in [3.63, 3.8) is 0 Å². The number of carboxylic acid groups (broad SMARTS) is 1. The first kappa shape index (κ1) is 28.0. The Morgan fingerprint density at radius 2 is 2.14 bits per heavy atom. The van der Waals surface area contributed by atoms with Gasteiger partial charge >= 0.3 is 5.97 Å². The number of aliphatic carboxylic acids is 1. The Hall–Kier alpha value is -3.57. The molecule has 3 atom stereocenters. The number of aromatic nitrogens is 2. The van der Waals surface area contributed by atoms with Gasteiger partial charge in [0.05, 0.1) is 20.6 Å². The van der Waals surface area contributed by atoms with Crippen LogP contribution in [-0.4, -0.2) is 104 Å². The van der Waals surface area contributed by atoms with Crippen LogP contribution in [0.3, 0.4) is 0 Å². The number of fused-ring (bicyclic) bond motifs is 1. The number of carbonyl (C=O) groups excluding carboxylic acids is 3. The molecule has 1 aromatic rings. The van der Waals surface area contributed by atoms with Gasteiger partial charge in [-0.25, -0.2) is 9.18 Å². The maximum Gasteiger partial charge on any atom is 0.352 e. The molecule has 0 saturated carbocycles. The average molecular weight is 558 g/mol. The first-order chi connectivity index (χ1) is 17.4. The predicted octanol–water partition coefficient (Wildman–Crippen LogP) is -0.987. The second-order valence-electron chi connectivity index (χ2n) is 8.62. The number of nitrogens with one attached hydrogen (secondary N) is 1. The van der Waals surface area contributed by atoms with E-state index in [2.05, 4.69) is 24.7 Å². The predicted molar refractivity (Wildman–Crippen MR) is 132 cm³/mol. The van der Waals surface area contributed by atoms with Gasteiger partial charge in [-0.3, -0.25) is 19.3 Å². The van der Waals surface area contributed by atoms with Crippen molar-refractivity contribution >= 4 is 57.8 Å². The van der Waals surface area contributed by atoms with E-state index in [-0.39, 0.29) is 26.9 Å². The van der Waals surface area contributed by atoms with Crippen molar-refractivity contribution in [2.75, 3.05) is 39.0 Å². The molecule has 0 spiro atoms. The Morgan fingerprint density at radius 3 is 2.70 bits per heavy atom. The Kier molecular flexibility index (Phi) is 8.49. The van der Waals surface area contributed by atoms with Crippen molar-refractivity contribution < 1.29 is 38.0 Å². The third-order valence-electron chi connectivity index (χ3n) is 5.92. The van der Waals surface area contributed by atoms with Crippen LogP contribution in [0.2, 0.25) is 0 Å². The maximum atomic E-state index is 12.9. The van der Waals surface area contributed by atoms with E-state index < -0.39 is 53.7 Å². The zero-order chi connectivity index (χ0) is 27.5. The fraction of sp³-hybridized carbons (Fsp3) is 0.450. The number of thioether (sulfide) groups is 1. The summed E-state index contributed by atoms with van der Waals surface area (Å²) in [4.78, 5) is 58.5. The lowest BCUT2D eigenvalue weighted by Gasteiger charge is -2.49. The van der Waals surface area contributed by atoms with Crippen molar-refractivity contribution in [1.29, 1.82) is 0 Å². The van der Waals surface area contributed by atoms with E-state index in [1.807, 2.05) is 14.1 Å². The number of likely N-dealkylation sites (N-methyl/N-ethyl adjacent to an activating group) is 1. The highest BCUT2D eigenvalue weighted by atomic mass is 32.2. The highest BCUT2D eigenvalue weighted by Crippen LogP contribution is 2.40. The molecule has 1 aromatic heterocycles. The fourth-order valence-corrected chi connectivity index (χ4v) is 5.31. The van der Waals surface area contributed by atoms with Crippen LogP contribution in [0.5, 0.6) is 0 Å². The van der Waals surface area contributed by atoms with Crippen LogP contribution in [0.25, 0.3) is 0 Å². The van der Waals surface area contributed by atoms with E-state index in [1.165, 1.54) is 11.8 Å². The molecule has 0 aromatic carbocycles. The molecule has 1 fully saturated rings. The van der Waals surface area contributed by atoms with E-state index >= 15 is 0 Å². The Morgan fingerprint density at radius 1 is 1.43 bits per heavy atom. The molecule has 14 nitrogen and oxygen atoms in total. The normalized spacial score (nSPS) is 20.9. The van der Waals surface area contributed by atoms with Gasteiger partial charge < -0.3 is 31.2 Å². The van der Waals surface area contributed by atoms with Gasteiger partial charge in [-0.15, -0.1) is 11.8 Å². The van der Waals surface area contributed by atoms with Gasteiger partial charge in [-0.05, 0) is 18.6 Å². The lowest BCUT2D eigenvalue weighted by atomic mass is 10.0.